The summed E-state index contributed by atoms with van der Waals surface area (Å²) in [5, 5.41) is 6.30. The normalized spacial score (nSPS) is 14.0. The molecule has 3 rings (SSSR count). The highest BCUT2D eigenvalue weighted by atomic mass is 19.3. The van der Waals surface area contributed by atoms with Crippen LogP contribution in [0.2, 0.25) is 0 Å². The van der Waals surface area contributed by atoms with Crippen molar-refractivity contribution in [2.45, 2.75) is 39.5 Å². The zero-order valence-corrected chi connectivity index (χ0v) is 16.6. The van der Waals surface area contributed by atoms with Crippen LogP contribution in [0, 0.1) is 12.8 Å². The van der Waals surface area contributed by atoms with Gasteiger partial charge in [-0.15, -0.1) is 0 Å². The number of aromatic nitrogens is 1. The number of rotatable bonds is 9. The van der Waals surface area contributed by atoms with E-state index in [1.165, 1.54) is 12.8 Å². The lowest BCUT2D eigenvalue weighted by Crippen LogP contribution is -2.36. The number of nitrogens with one attached hydrogen (secondary N) is 2. The molecule has 0 unspecified atom stereocenters. The van der Waals surface area contributed by atoms with Crippen LogP contribution in [0.3, 0.4) is 0 Å². The van der Waals surface area contributed by atoms with E-state index in [2.05, 4.69) is 25.3 Å². The number of benzene rings is 1. The predicted molar refractivity (Wildman–Crippen MR) is 107 cm³/mol. The SMILES string of the molecule is CN=C(NCc1ccc(OCC2CC2)nc1)NCc1cc(C)ccc1OC(F)F. The summed E-state index contributed by atoms with van der Waals surface area (Å²) in [6.07, 6.45) is 4.25. The van der Waals surface area contributed by atoms with Crippen LogP contribution >= 0.6 is 0 Å². The average Bonchev–Trinajstić information content (AvgIpc) is 3.53. The van der Waals surface area contributed by atoms with Crippen LogP contribution in [0.25, 0.3) is 0 Å². The lowest BCUT2D eigenvalue weighted by molar-refractivity contribution is -0.0504. The molecule has 1 fully saturated rings. The monoisotopic (exact) mass is 404 g/mol. The molecule has 156 valence electrons. The molecule has 1 aliphatic rings. The van der Waals surface area contributed by atoms with Gasteiger partial charge in [0.15, 0.2) is 5.96 Å². The van der Waals surface area contributed by atoms with Crippen LogP contribution in [0.15, 0.2) is 41.5 Å². The molecule has 0 bridgehead atoms. The van der Waals surface area contributed by atoms with E-state index >= 15 is 0 Å². The number of ether oxygens (including phenoxy) is 2. The summed E-state index contributed by atoms with van der Waals surface area (Å²) in [5.41, 5.74) is 2.57. The summed E-state index contributed by atoms with van der Waals surface area (Å²) < 4.78 is 35.4. The number of nitrogens with zero attached hydrogens (tertiary/aromatic N) is 2. The molecule has 1 saturated carbocycles. The second kappa shape index (κ2) is 10.0. The summed E-state index contributed by atoms with van der Waals surface area (Å²) in [6.45, 7) is 0.586. The van der Waals surface area contributed by atoms with E-state index in [0.29, 0.717) is 36.4 Å². The van der Waals surface area contributed by atoms with Crippen molar-refractivity contribution in [1.29, 1.82) is 0 Å². The fourth-order valence-electron chi connectivity index (χ4n) is 2.73. The molecule has 0 amide bonds. The summed E-state index contributed by atoms with van der Waals surface area (Å²) in [4.78, 5) is 8.48. The Morgan fingerprint density at radius 1 is 1.21 bits per heavy atom. The Labute approximate surface area is 169 Å². The van der Waals surface area contributed by atoms with Crippen molar-refractivity contribution in [3.63, 3.8) is 0 Å². The largest absolute Gasteiger partial charge is 0.477 e. The molecule has 0 aliphatic heterocycles. The van der Waals surface area contributed by atoms with E-state index in [1.807, 2.05) is 25.1 Å². The molecular weight excluding hydrogens is 378 g/mol. The molecule has 8 heteroatoms. The summed E-state index contributed by atoms with van der Waals surface area (Å²) >= 11 is 0. The maximum absolute atomic E-state index is 12.6. The number of hydrogen-bond donors (Lipinski definition) is 2. The maximum Gasteiger partial charge on any atom is 0.387 e. The van der Waals surface area contributed by atoms with E-state index in [4.69, 9.17) is 4.74 Å². The maximum atomic E-state index is 12.6. The number of hydrogen-bond acceptors (Lipinski definition) is 4. The van der Waals surface area contributed by atoms with Crippen LogP contribution in [0.5, 0.6) is 11.6 Å². The van der Waals surface area contributed by atoms with Gasteiger partial charge in [0.25, 0.3) is 0 Å². The first-order valence-corrected chi connectivity index (χ1v) is 9.60. The van der Waals surface area contributed by atoms with Gasteiger partial charge in [-0.2, -0.15) is 8.78 Å². The Balaban J connectivity index is 1.50. The van der Waals surface area contributed by atoms with Crippen molar-refractivity contribution in [1.82, 2.24) is 15.6 Å². The molecule has 1 aromatic heterocycles. The Morgan fingerprint density at radius 2 is 2.00 bits per heavy atom. The van der Waals surface area contributed by atoms with Crippen LogP contribution < -0.4 is 20.1 Å². The van der Waals surface area contributed by atoms with Crippen molar-refractivity contribution in [2.75, 3.05) is 13.7 Å². The molecule has 29 heavy (non-hydrogen) atoms. The Kier molecular flexibility index (Phi) is 7.21. The van der Waals surface area contributed by atoms with E-state index < -0.39 is 6.61 Å². The lowest BCUT2D eigenvalue weighted by Gasteiger charge is -2.15. The van der Waals surface area contributed by atoms with Gasteiger partial charge in [0, 0.05) is 38.0 Å². The van der Waals surface area contributed by atoms with E-state index in [0.717, 1.165) is 17.7 Å². The number of aryl methyl sites for hydroxylation is 1. The highest BCUT2D eigenvalue weighted by Gasteiger charge is 2.22. The first-order valence-electron chi connectivity index (χ1n) is 9.60. The first-order chi connectivity index (χ1) is 14.0. The second-order valence-electron chi connectivity index (χ2n) is 7.03. The molecule has 0 saturated heterocycles. The van der Waals surface area contributed by atoms with Crippen LogP contribution in [0.1, 0.15) is 29.5 Å². The Bertz CT molecular complexity index is 824. The third-order valence-corrected chi connectivity index (χ3v) is 4.52. The fraction of sp³-hybridized carbons (Fsp3) is 0.429. The lowest BCUT2D eigenvalue weighted by atomic mass is 10.1. The van der Waals surface area contributed by atoms with Crippen LogP contribution in [-0.4, -0.2) is 31.2 Å². The number of halogens is 2. The molecule has 6 nitrogen and oxygen atoms in total. The average molecular weight is 404 g/mol. The van der Waals surface area contributed by atoms with Gasteiger partial charge >= 0.3 is 6.61 Å². The fourth-order valence-corrected chi connectivity index (χ4v) is 2.73. The predicted octanol–water partition coefficient (Wildman–Crippen LogP) is 3.65. The van der Waals surface area contributed by atoms with Gasteiger partial charge < -0.3 is 20.1 Å². The number of pyridine rings is 1. The Morgan fingerprint density at radius 3 is 2.66 bits per heavy atom. The zero-order valence-electron chi connectivity index (χ0n) is 16.6. The number of aliphatic imine (C=N–C) groups is 1. The molecule has 1 heterocycles. The number of alkyl halides is 2. The topological polar surface area (TPSA) is 67.8 Å². The van der Waals surface area contributed by atoms with E-state index in [1.54, 1.807) is 25.4 Å². The standard InChI is InChI=1S/C21H26F2N4O2/c1-14-3-7-18(29-20(22)23)17(9-14)12-27-21(24-2)26-11-16-6-8-19(25-10-16)28-13-15-4-5-15/h3,6-10,15,20H,4-5,11-13H2,1-2H3,(H2,24,26,27). The van der Waals surface area contributed by atoms with Gasteiger partial charge in [-0.25, -0.2) is 4.98 Å². The molecular formula is C21H26F2N4O2. The second-order valence-corrected chi connectivity index (χ2v) is 7.03. The number of guanidine groups is 1. The molecule has 2 N–H and O–H groups in total. The van der Waals surface area contributed by atoms with Crippen LogP contribution in [0.4, 0.5) is 8.78 Å². The van der Waals surface area contributed by atoms with Gasteiger partial charge in [-0.1, -0.05) is 23.8 Å². The van der Waals surface area contributed by atoms with Gasteiger partial charge in [-0.05, 0) is 37.3 Å². The van der Waals surface area contributed by atoms with Crippen molar-refractivity contribution >= 4 is 5.96 Å². The molecule has 0 spiro atoms. The third kappa shape index (κ3) is 6.89. The quantitative estimate of drug-likeness (QED) is 0.493. The van der Waals surface area contributed by atoms with Gasteiger partial charge in [-0.3, -0.25) is 4.99 Å². The van der Waals surface area contributed by atoms with Crippen LogP contribution in [-0.2, 0) is 13.1 Å². The van der Waals surface area contributed by atoms with Crippen molar-refractivity contribution in [3.05, 3.63) is 53.2 Å². The van der Waals surface area contributed by atoms with E-state index in [-0.39, 0.29) is 5.75 Å². The van der Waals surface area contributed by atoms with Gasteiger partial charge in [0.1, 0.15) is 5.75 Å². The van der Waals surface area contributed by atoms with Gasteiger partial charge in [0.05, 0.1) is 6.61 Å². The summed E-state index contributed by atoms with van der Waals surface area (Å²) in [6, 6.07) is 8.90. The minimum atomic E-state index is -2.86. The van der Waals surface area contributed by atoms with Gasteiger partial charge in [0.2, 0.25) is 5.88 Å². The molecule has 2 aromatic rings. The molecule has 1 aliphatic carbocycles. The highest BCUT2D eigenvalue weighted by Crippen LogP contribution is 2.29. The highest BCUT2D eigenvalue weighted by molar-refractivity contribution is 5.79. The van der Waals surface area contributed by atoms with Crippen molar-refractivity contribution in [3.8, 4) is 11.6 Å². The summed E-state index contributed by atoms with van der Waals surface area (Å²) in [7, 11) is 1.65. The first kappa shape index (κ1) is 20.8. The summed E-state index contributed by atoms with van der Waals surface area (Å²) in [5.74, 6) is 2.02. The van der Waals surface area contributed by atoms with Crippen molar-refractivity contribution < 1.29 is 18.3 Å². The molecule has 0 atom stereocenters. The molecule has 1 aromatic carbocycles. The minimum Gasteiger partial charge on any atom is -0.477 e. The minimum absolute atomic E-state index is 0.152. The Hall–Kier alpha value is -2.90. The van der Waals surface area contributed by atoms with Crippen molar-refractivity contribution in [2.24, 2.45) is 10.9 Å². The molecule has 0 radical (unpaired) electrons. The van der Waals surface area contributed by atoms with E-state index in [9.17, 15) is 8.78 Å². The smallest absolute Gasteiger partial charge is 0.387 e. The third-order valence-electron chi connectivity index (χ3n) is 4.52. The zero-order chi connectivity index (χ0) is 20.6.